The normalized spacial score (nSPS) is 18.5. The second-order valence-electron chi connectivity index (χ2n) is 6.94. The van der Waals surface area contributed by atoms with E-state index in [1.54, 1.807) is 7.11 Å². The van der Waals surface area contributed by atoms with Crippen molar-refractivity contribution in [3.63, 3.8) is 0 Å². The molecule has 29 heavy (non-hydrogen) atoms. The summed E-state index contributed by atoms with van der Waals surface area (Å²) in [6, 6.07) is 3.86. The van der Waals surface area contributed by atoms with Gasteiger partial charge in [0.15, 0.2) is 17.5 Å². The highest BCUT2D eigenvalue weighted by molar-refractivity contribution is 14.0. The number of hydrogen-bond donors (Lipinski definition) is 1. The van der Waals surface area contributed by atoms with Crippen LogP contribution in [-0.4, -0.2) is 70.6 Å². The van der Waals surface area contributed by atoms with Crippen LogP contribution in [0.3, 0.4) is 0 Å². The van der Waals surface area contributed by atoms with Gasteiger partial charge in [-0.2, -0.15) is 0 Å². The standard InChI is InChI=1S/C20H30ClN3O4.HI/c1-3-22-20(24-5-4-15(13-24)14-26-7-6-25-2)23-12-16-10-17(21)19-18(11-16)27-8-9-28-19;/h10-11,15H,3-9,12-14H2,1-2H3,(H,22,23);1H. The minimum atomic E-state index is 0. The summed E-state index contributed by atoms with van der Waals surface area (Å²) in [5.74, 6) is 2.77. The number of methoxy groups -OCH3 is 1. The summed E-state index contributed by atoms with van der Waals surface area (Å²) >= 11 is 6.34. The summed E-state index contributed by atoms with van der Waals surface area (Å²) < 4.78 is 22.0. The first kappa shape index (κ1) is 24.3. The molecule has 0 spiro atoms. The number of halogens is 2. The summed E-state index contributed by atoms with van der Waals surface area (Å²) in [7, 11) is 1.69. The fraction of sp³-hybridized carbons (Fsp3) is 0.650. The maximum Gasteiger partial charge on any atom is 0.194 e. The lowest BCUT2D eigenvalue weighted by Crippen LogP contribution is -2.40. The fourth-order valence-electron chi connectivity index (χ4n) is 3.40. The van der Waals surface area contributed by atoms with Crippen molar-refractivity contribution < 1.29 is 18.9 Å². The molecule has 3 rings (SSSR count). The summed E-state index contributed by atoms with van der Waals surface area (Å²) in [6.07, 6.45) is 1.10. The Labute approximate surface area is 195 Å². The molecule has 2 aliphatic rings. The van der Waals surface area contributed by atoms with Crippen molar-refractivity contribution in [2.45, 2.75) is 19.9 Å². The van der Waals surface area contributed by atoms with Crippen LogP contribution in [-0.2, 0) is 16.0 Å². The first-order valence-electron chi connectivity index (χ1n) is 9.89. The van der Waals surface area contributed by atoms with Crippen molar-refractivity contribution in [2.75, 3.05) is 59.8 Å². The van der Waals surface area contributed by atoms with Gasteiger partial charge in [0, 0.05) is 32.7 Å². The zero-order chi connectivity index (χ0) is 19.8. The predicted octanol–water partition coefficient (Wildman–Crippen LogP) is 3.18. The number of likely N-dealkylation sites (tertiary alicyclic amines) is 1. The van der Waals surface area contributed by atoms with Gasteiger partial charge in [0.25, 0.3) is 0 Å². The molecule has 1 unspecified atom stereocenters. The predicted molar refractivity (Wildman–Crippen MR) is 125 cm³/mol. The van der Waals surface area contributed by atoms with Crippen molar-refractivity contribution in [1.82, 2.24) is 10.2 Å². The van der Waals surface area contributed by atoms with E-state index in [9.17, 15) is 0 Å². The maximum absolute atomic E-state index is 6.34. The van der Waals surface area contributed by atoms with E-state index in [4.69, 9.17) is 35.5 Å². The minimum absolute atomic E-state index is 0. The summed E-state index contributed by atoms with van der Waals surface area (Å²) in [6.45, 7) is 8.48. The van der Waals surface area contributed by atoms with Gasteiger partial charge in [0.05, 0.1) is 31.4 Å². The van der Waals surface area contributed by atoms with E-state index in [-0.39, 0.29) is 24.0 Å². The lowest BCUT2D eigenvalue weighted by molar-refractivity contribution is 0.0536. The molecule has 1 saturated heterocycles. The highest BCUT2D eigenvalue weighted by atomic mass is 127. The molecule has 0 saturated carbocycles. The Morgan fingerprint density at radius 2 is 2.14 bits per heavy atom. The summed E-state index contributed by atoms with van der Waals surface area (Å²) in [5, 5.41) is 3.97. The van der Waals surface area contributed by atoms with E-state index in [1.807, 2.05) is 12.1 Å². The Morgan fingerprint density at radius 3 is 2.93 bits per heavy atom. The van der Waals surface area contributed by atoms with Gasteiger partial charge < -0.3 is 29.2 Å². The van der Waals surface area contributed by atoms with Crippen molar-refractivity contribution in [1.29, 1.82) is 0 Å². The van der Waals surface area contributed by atoms with Crippen LogP contribution in [0.2, 0.25) is 5.02 Å². The molecule has 1 fully saturated rings. The highest BCUT2D eigenvalue weighted by Gasteiger charge is 2.25. The topological polar surface area (TPSA) is 64.6 Å². The Hall–Kier alpha value is -0.970. The van der Waals surface area contributed by atoms with Gasteiger partial charge in [0.2, 0.25) is 0 Å². The number of ether oxygens (including phenoxy) is 4. The van der Waals surface area contributed by atoms with Crippen molar-refractivity contribution in [3.05, 3.63) is 22.7 Å². The highest BCUT2D eigenvalue weighted by Crippen LogP contribution is 2.38. The van der Waals surface area contributed by atoms with Crippen molar-refractivity contribution in [3.8, 4) is 11.5 Å². The third-order valence-corrected chi connectivity index (χ3v) is 5.05. The molecule has 1 aromatic carbocycles. The zero-order valence-corrected chi connectivity index (χ0v) is 20.2. The lowest BCUT2D eigenvalue weighted by atomic mass is 10.1. The van der Waals surface area contributed by atoms with Gasteiger partial charge in [-0.15, -0.1) is 24.0 Å². The van der Waals surface area contributed by atoms with Gasteiger partial charge >= 0.3 is 0 Å². The molecule has 0 radical (unpaired) electrons. The number of benzene rings is 1. The van der Waals surface area contributed by atoms with E-state index in [1.165, 1.54) is 0 Å². The quantitative estimate of drug-likeness (QED) is 0.237. The Balaban J connectivity index is 0.00000300. The molecule has 164 valence electrons. The largest absolute Gasteiger partial charge is 0.486 e. The van der Waals surface area contributed by atoms with Crippen molar-refractivity contribution in [2.24, 2.45) is 10.9 Å². The third-order valence-electron chi connectivity index (χ3n) is 4.77. The molecular formula is C20H31ClIN3O4. The molecule has 7 nitrogen and oxygen atoms in total. The number of nitrogens with one attached hydrogen (secondary N) is 1. The second-order valence-corrected chi connectivity index (χ2v) is 7.35. The van der Waals surface area contributed by atoms with Gasteiger partial charge in [-0.05, 0) is 31.0 Å². The number of fused-ring (bicyclic) bond motifs is 1. The number of rotatable bonds is 8. The van der Waals surface area contributed by atoms with E-state index in [0.29, 0.717) is 55.4 Å². The third kappa shape index (κ3) is 7.04. The second kappa shape index (κ2) is 12.7. The molecule has 9 heteroatoms. The molecule has 1 aromatic rings. The Kier molecular flexibility index (Phi) is 10.6. The number of guanidine groups is 1. The molecule has 1 atom stereocenters. The van der Waals surface area contributed by atoms with Crippen LogP contribution in [0.5, 0.6) is 11.5 Å². The molecule has 0 bridgehead atoms. The van der Waals surface area contributed by atoms with Gasteiger partial charge in [-0.1, -0.05) is 11.6 Å². The van der Waals surface area contributed by atoms with Gasteiger partial charge in [-0.25, -0.2) is 4.99 Å². The van der Waals surface area contributed by atoms with Crippen LogP contribution < -0.4 is 14.8 Å². The van der Waals surface area contributed by atoms with E-state index in [0.717, 1.165) is 44.2 Å². The lowest BCUT2D eigenvalue weighted by Gasteiger charge is -2.22. The molecular weight excluding hydrogens is 509 g/mol. The SMILES string of the molecule is CCNC(=NCc1cc(Cl)c2c(c1)OCCO2)N1CCC(COCCOC)C1.I. The molecule has 0 aromatic heterocycles. The molecule has 2 heterocycles. The molecule has 0 amide bonds. The van der Waals surface area contributed by atoms with Crippen LogP contribution in [0.25, 0.3) is 0 Å². The average molecular weight is 540 g/mol. The Bertz CT molecular complexity index is 677. The van der Waals surface area contributed by atoms with E-state index >= 15 is 0 Å². The number of aliphatic imine (C=N–C) groups is 1. The maximum atomic E-state index is 6.34. The van der Waals surface area contributed by atoms with Crippen LogP contribution in [0, 0.1) is 5.92 Å². The van der Waals surface area contributed by atoms with Crippen molar-refractivity contribution >= 4 is 41.5 Å². The smallest absolute Gasteiger partial charge is 0.194 e. The summed E-state index contributed by atoms with van der Waals surface area (Å²) in [5.41, 5.74) is 1.00. The fourth-order valence-corrected chi connectivity index (χ4v) is 3.69. The minimum Gasteiger partial charge on any atom is -0.486 e. The number of nitrogens with zero attached hydrogens (tertiary/aromatic N) is 2. The van der Waals surface area contributed by atoms with Crippen LogP contribution >= 0.6 is 35.6 Å². The monoisotopic (exact) mass is 539 g/mol. The first-order valence-corrected chi connectivity index (χ1v) is 10.3. The van der Waals surface area contributed by atoms with Gasteiger partial charge in [-0.3, -0.25) is 0 Å². The van der Waals surface area contributed by atoms with Crippen LogP contribution in [0.1, 0.15) is 18.9 Å². The Morgan fingerprint density at radius 1 is 1.31 bits per heavy atom. The van der Waals surface area contributed by atoms with Crippen LogP contribution in [0.15, 0.2) is 17.1 Å². The first-order chi connectivity index (χ1) is 13.7. The average Bonchev–Trinajstić information content (AvgIpc) is 3.17. The molecule has 0 aliphatic carbocycles. The molecule has 1 N–H and O–H groups in total. The zero-order valence-electron chi connectivity index (χ0n) is 17.1. The summed E-state index contributed by atoms with van der Waals surface area (Å²) in [4.78, 5) is 7.11. The van der Waals surface area contributed by atoms with E-state index < -0.39 is 0 Å². The molecule has 2 aliphatic heterocycles. The van der Waals surface area contributed by atoms with Crippen LogP contribution in [0.4, 0.5) is 0 Å². The number of hydrogen-bond acceptors (Lipinski definition) is 5. The van der Waals surface area contributed by atoms with E-state index in [2.05, 4.69) is 17.1 Å². The van der Waals surface area contributed by atoms with Gasteiger partial charge in [0.1, 0.15) is 13.2 Å².